The van der Waals surface area contributed by atoms with E-state index in [2.05, 4.69) is 164 Å². The van der Waals surface area contributed by atoms with E-state index in [0.29, 0.717) is 0 Å². The van der Waals surface area contributed by atoms with Crippen molar-refractivity contribution < 1.29 is 0 Å². The Morgan fingerprint density at radius 1 is 0.659 bits per heavy atom. The van der Waals surface area contributed by atoms with Crippen molar-refractivity contribution in [3.8, 4) is 44.8 Å². The first-order chi connectivity index (χ1) is 21.7. The number of aromatic nitrogens is 2. The van der Waals surface area contributed by atoms with E-state index < -0.39 is 0 Å². The van der Waals surface area contributed by atoms with Gasteiger partial charge in [0.05, 0.1) is 11.4 Å². The summed E-state index contributed by atoms with van der Waals surface area (Å²) in [4.78, 5) is 5.02. The highest BCUT2D eigenvalue weighted by Gasteiger charge is 2.16. The van der Waals surface area contributed by atoms with E-state index in [1.54, 1.807) is 0 Å². The predicted molar refractivity (Wildman–Crippen MR) is 187 cm³/mol. The molecule has 0 saturated carbocycles. The molecule has 0 fully saturated rings. The molecule has 0 bridgehead atoms. The van der Waals surface area contributed by atoms with Gasteiger partial charge in [-0.25, -0.2) is 4.98 Å². The first kappa shape index (κ1) is 27.1. The molecule has 210 valence electrons. The Kier molecular flexibility index (Phi) is 7.32. The molecule has 0 aliphatic carbocycles. The molecule has 0 amide bonds. The van der Waals surface area contributed by atoms with Crippen LogP contribution in [0.4, 0.5) is 0 Å². The van der Waals surface area contributed by atoms with Crippen molar-refractivity contribution >= 4 is 22.0 Å². The second-order valence-electron chi connectivity index (χ2n) is 10.9. The van der Waals surface area contributed by atoms with Gasteiger partial charge in [0.15, 0.2) is 0 Å². The van der Waals surface area contributed by atoms with Crippen LogP contribution in [-0.2, 0) is 0 Å². The molecule has 2 aromatic heterocycles. The highest BCUT2D eigenvalue weighted by molar-refractivity contribution is 5.98. The van der Waals surface area contributed by atoms with Crippen LogP contribution in [0.1, 0.15) is 12.5 Å². The normalized spacial score (nSPS) is 11.9. The van der Waals surface area contributed by atoms with Crippen molar-refractivity contribution in [1.82, 2.24) is 9.38 Å². The number of rotatable bonds is 7. The number of nitrogens with zero attached hydrogens (tertiary/aromatic N) is 2. The topological polar surface area (TPSA) is 17.3 Å². The van der Waals surface area contributed by atoms with Crippen LogP contribution in [0.3, 0.4) is 0 Å². The average molecular weight is 565 g/mol. The molecule has 0 spiro atoms. The summed E-state index contributed by atoms with van der Waals surface area (Å²) < 4.78 is 2.18. The maximum absolute atomic E-state index is 5.02. The van der Waals surface area contributed by atoms with Crippen LogP contribution >= 0.6 is 0 Å². The molecule has 7 rings (SSSR count). The first-order valence-corrected chi connectivity index (χ1v) is 15.0. The molecule has 2 heterocycles. The first-order valence-electron chi connectivity index (χ1n) is 15.0. The summed E-state index contributed by atoms with van der Waals surface area (Å²) in [5.74, 6) is 0. The summed E-state index contributed by atoms with van der Waals surface area (Å²) in [7, 11) is 0. The lowest BCUT2D eigenvalue weighted by Gasteiger charge is -2.14. The van der Waals surface area contributed by atoms with E-state index in [-0.39, 0.29) is 0 Å². The van der Waals surface area contributed by atoms with E-state index in [1.807, 2.05) is 18.2 Å². The minimum atomic E-state index is 0.934. The summed E-state index contributed by atoms with van der Waals surface area (Å²) in [5.41, 5.74) is 12.2. The average Bonchev–Trinajstić information content (AvgIpc) is 3.48. The molecule has 0 saturated heterocycles. The van der Waals surface area contributed by atoms with E-state index in [0.717, 1.165) is 50.4 Å². The molecule has 44 heavy (non-hydrogen) atoms. The van der Waals surface area contributed by atoms with Gasteiger partial charge in [0.1, 0.15) is 5.65 Å². The molecule has 0 atom stereocenters. The van der Waals surface area contributed by atoms with Gasteiger partial charge in [0.2, 0.25) is 0 Å². The van der Waals surface area contributed by atoms with Crippen molar-refractivity contribution in [3.05, 3.63) is 176 Å². The molecule has 0 radical (unpaired) electrons. The van der Waals surface area contributed by atoms with Crippen LogP contribution in [0.2, 0.25) is 0 Å². The zero-order valence-corrected chi connectivity index (χ0v) is 24.7. The summed E-state index contributed by atoms with van der Waals surface area (Å²) in [6, 6.07) is 47.5. The monoisotopic (exact) mass is 564 g/mol. The summed E-state index contributed by atoms with van der Waals surface area (Å²) in [6.45, 7) is 6.03. The molecule has 0 unspecified atom stereocenters. The largest absolute Gasteiger partial charge is 0.299 e. The Hall–Kier alpha value is -5.73. The maximum Gasteiger partial charge on any atom is 0.137 e. The van der Waals surface area contributed by atoms with Crippen molar-refractivity contribution in [2.45, 2.75) is 6.92 Å². The summed E-state index contributed by atoms with van der Waals surface area (Å²) in [6.07, 6.45) is 10.2. The quantitative estimate of drug-likeness (QED) is 0.176. The van der Waals surface area contributed by atoms with Gasteiger partial charge >= 0.3 is 0 Å². The van der Waals surface area contributed by atoms with Crippen LogP contribution in [0.5, 0.6) is 0 Å². The molecular weight excluding hydrogens is 532 g/mol. The third kappa shape index (κ3) is 5.08. The van der Waals surface area contributed by atoms with Crippen LogP contribution in [0, 0.1) is 0 Å². The maximum atomic E-state index is 5.02. The second-order valence-corrected chi connectivity index (χ2v) is 10.9. The number of fused-ring (bicyclic) bond motifs is 2. The highest BCUT2D eigenvalue weighted by Crippen LogP contribution is 2.37. The van der Waals surface area contributed by atoms with Crippen molar-refractivity contribution in [2.24, 2.45) is 0 Å². The Balaban J connectivity index is 1.38. The van der Waals surface area contributed by atoms with Gasteiger partial charge in [-0.05, 0) is 81.4 Å². The third-order valence-electron chi connectivity index (χ3n) is 8.08. The Labute approximate surface area is 258 Å². The molecular formula is C42H32N2. The van der Waals surface area contributed by atoms with Crippen LogP contribution in [-0.4, -0.2) is 9.38 Å². The minimum Gasteiger partial charge on any atom is -0.299 e. The Morgan fingerprint density at radius 3 is 2.20 bits per heavy atom. The Morgan fingerprint density at radius 2 is 1.39 bits per heavy atom. The van der Waals surface area contributed by atoms with Gasteiger partial charge in [-0.1, -0.05) is 134 Å². The second kappa shape index (κ2) is 11.9. The number of hydrogen-bond donors (Lipinski definition) is 0. The lowest BCUT2D eigenvalue weighted by molar-refractivity contribution is 1.19. The minimum absolute atomic E-state index is 0.934. The van der Waals surface area contributed by atoms with E-state index in [9.17, 15) is 0 Å². The van der Waals surface area contributed by atoms with Gasteiger partial charge in [-0.2, -0.15) is 0 Å². The molecule has 2 heteroatoms. The fourth-order valence-electron chi connectivity index (χ4n) is 6.04. The third-order valence-corrected chi connectivity index (χ3v) is 8.08. The summed E-state index contributed by atoms with van der Waals surface area (Å²) >= 11 is 0. The molecule has 0 aliphatic rings. The Bertz CT molecular complexity index is 2170. The molecule has 7 aromatic rings. The van der Waals surface area contributed by atoms with Gasteiger partial charge in [0.25, 0.3) is 0 Å². The molecule has 0 aliphatic heterocycles. The van der Waals surface area contributed by atoms with Crippen LogP contribution < -0.4 is 0 Å². The smallest absolute Gasteiger partial charge is 0.137 e. The lowest BCUT2D eigenvalue weighted by atomic mass is 9.90. The SMILES string of the molecule is C=C/C=C(\C=C/C)c1cc(-c2ccc(-c3c(-c4ccccc4)nc4ccccn34)cc2)cc(-c2cccc3ccccc23)c1. The van der Waals surface area contributed by atoms with Gasteiger partial charge in [-0.3, -0.25) is 4.40 Å². The van der Waals surface area contributed by atoms with Gasteiger partial charge in [-0.15, -0.1) is 0 Å². The number of pyridine rings is 1. The zero-order valence-electron chi connectivity index (χ0n) is 24.7. The van der Waals surface area contributed by atoms with Gasteiger partial charge in [0, 0.05) is 17.3 Å². The predicted octanol–water partition coefficient (Wildman–Crippen LogP) is 11.3. The molecule has 2 nitrogen and oxygen atoms in total. The van der Waals surface area contributed by atoms with E-state index in [4.69, 9.17) is 4.98 Å². The summed E-state index contributed by atoms with van der Waals surface area (Å²) in [5, 5.41) is 2.48. The number of imidazole rings is 1. The molecule has 5 aromatic carbocycles. The van der Waals surface area contributed by atoms with E-state index >= 15 is 0 Å². The highest BCUT2D eigenvalue weighted by atomic mass is 15.0. The van der Waals surface area contributed by atoms with Crippen LogP contribution in [0.25, 0.3) is 66.8 Å². The van der Waals surface area contributed by atoms with Crippen molar-refractivity contribution in [2.75, 3.05) is 0 Å². The van der Waals surface area contributed by atoms with Gasteiger partial charge < -0.3 is 0 Å². The number of allylic oxidation sites excluding steroid dienone is 5. The number of hydrogen-bond acceptors (Lipinski definition) is 1. The number of benzene rings is 5. The van der Waals surface area contributed by atoms with Crippen LogP contribution in [0.15, 0.2) is 171 Å². The lowest BCUT2D eigenvalue weighted by Crippen LogP contribution is -1.91. The standard InChI is InChI=1S/C42H32N2/c1-3-13-30(14-4-2)35-27-36(29-37(28-35)39-20-12-18-32-15-8-9-19-38(32)39)31-22-24-34(25-23-31)42-41(33-16-6-5-7-17-33)43-40-21-10-11-26-44(40)42/h3-29H,1H2,2H3/b14-4-,30-13+. The fraction of sp³-hybridized carbons (Fsp3) is 0.0238. The van der Waals surface area contributed by atoms with E-state index in [1.165, 1.54) is 21.9 Å². The molecule has 0 N–H and O–H groups in total. The fourth-order valence-corrected chi connectivity index (χ4v) is 6.04. The van der Waals surface area contributed by atoms with Crippen molar-refractivity contribution in [3.63, 3.8) is 0 Å². The zero-order chi connectivity index (χ0) is 29.9. The van der Waals surface area contributed by atoms with Crippen molar-refractivity contribution in [1.29, 1.82) is 0 Å².